The summed E-state index contributed by atoms with van der Waals surface area (Å²) in [5.41, 5.74) is 1.91. The average molecular weight is 758 g/mol. The van der Waals surface area contributed by atoms with E-state index < -0.39 is 57.8 Å². The van der Waals surface area contributed by atoms with E-state index in [1.807, 2.05) is 27.7 Å². The molecule has 0 aliphatic carbocycles. The Morgan fingerprint density at radius 3 is 1.84 bits per heavy atom. The van der Waals surface area contributed by atoms with Gasteiger partial charge < -0.3 is 24.5 Å². The molecule has 2 heterocycles. The van der Waals surface area contributed by atoms with Crippen molar-refractivity contribution in [2.24, 2.45) is 0 Å². The molecule has 49 heavy (non-hydrogen) atoms. The molecule has 2 aromatic rings. The first kappa shape index (κ1) is 38.8. The fraction of sp³-hybridized carbons (Fsp3) is 0.323. The number of nitrogens with zero attached hydrogens (tertiary/aromatic N) is 2. The Labute approximate surface area is 285 Å². The van der Waals surface area contributed by atoms with Crippen molar-refractivity contribution < 1.29 is 59.2 Å². The molecule has 0 unspecified atom stereocenters. The van der Waals surface area contributed by atoms with Crippen molar-refractivity contribution >= 4 is 63.1 Å². The van der Waals surface area contributed by atoms with Gasteiger partial charge in [0.15, 0.2) is 12.3 Å². The summed E-state index contributed by atoms with van der Waals surface area (Å²) < 4.78 is 90.6. The van der Waals surface area contributed by atoms with Crippen molar-refractivity contribution in [1.82, 2.24) is 0 Å². The van der Waals surface area contributed by atoms with Gasteiger partial charge in [-0.3, -0.25) is 18.2 Å². The molecule has 0 aromatic heterocycles. The summed E-state index contributed by atoms with van der Waals surface area (Å²) in [7, 11) is -17.7. The number of benzene rings is 2. The molecule has 0 atom stereocenters. The Hall–Kier alpha value is -3.01. The minimum Gasteiger partial charge on any atom is -0.343 e. The normalized spacial score (nSPS) is 18.8. The molecule has 2 aliphatic rings. The van der Waals surface area contributed by atoms with Gasteiger partial charge in [0.1, 0.15) is 5.75 Å². The lowest BCUT2D eigenvalue weighted by atomic mass is 9.81. The van der Waals surface area contributed by atoms with E-state index in [4.69, 9.17) is 0 Å². The van der Waals surface area contributed by atoms with Crippen LogP contribution in [0.3, 0.4) is 0 Å². The Kier molecular flexibility index (Phi) is 10.8. The van der Waals surface area contributed by atoms with Crippen molar-refractivity contribution in [1.29, 1.82) is 0 Å². The van der Waals surface area contributed by atoms with E-state index in [-0.39, 0.29) is 23.7 Å². The molecule has 0 radical (unpaired) electrons. The van der Waals surface area contributed by atoms with Crippen LogP contribution in [0.4, 0.5) is 11.4 Å². The highest BCUT2D eigenvalue weighted by molar-refractivity contribution is 7.86. The number of rotatable bonds is 12. The largest absolute Gasteiger partial charge is 0.356 e. The van der Waals surface area contributed by atoms with Gasteiger partial charge in [0.25, 0.3) is 20.2 Å². The van der Waals surface area contributed by atoms with E-state index in [1.54, 1.807) is 52.0 Å². The smallest absolute Gasteiger partial charge is 0.343 e. The molecule has 6 N–H and O–H groups in total. The van der Waals surface area contributed by atoms with E-state index in [9.17, 15) is 54.6 Å². The molecule has 0 fully saturated rings. The first-order valence-electron chi connectivity index (χ1n) is 14.8. The molecule has 0 spiro atoms. The molecule has 0 saturated heterocycles. The van der Waals surface area contributed by atoms with Crippen molar-refractivity contribution in [3.05, 3.63) is 95.8 Å². The number of anilines is 1. The molecule has 14 nitrogen and oxygen atoms in total. The van der Waals surface area contributed by atoms with E-state index in [1.165, 1.54) is 36.4 Å². The topological polar surface area (TPSA) is 230 Å². The van der Waals surface area contributed by atoms with E-state index in [0.717, 1.165) is 0 Å². The van der Waals surface area contributed by atoms with Gasteiger partial charge in [0.2, 0.25) is 5.69 Å². The maximum atomic E-state index is 11.9. The lowest BCUT2D eigenvalue weighted by molar-refractivity contribution is -0.432. The zero-order chi connectivity index (χ0) is 36.8. The molecule has 0 amide bonds. The van der Waals surface area contributed by atoms with Crippen molar-refractivity contribution in [3.8, 4) is 0 Å². The minimum absolute atomic E-state index is 0.108. The second kappa shape index (κ2) is 13.6. The van der Waals surface area contributed by atoms with Crippen LogP contribution in [-0.2, 0) is 40.2 Å². The maximum absolute atomic E-state index is 11.9. The van der Waals surface area contributed by atoms with Gasteiger partial charge in [0.05, 0.1) is 21.8 Å². The van der Waals surface area contributed by atoms with Crippen molar-refractivity contribution in [2.75, 3.05) is 29.5 Å². The maximum Gasteiger partial charge on any atom is 0.356 e. The van der Waals surface area contributed by atoms with E-state index >= 15 is 0 Å². The molecule has 2 aliphatic heterocycles. The third-order valence-electron chi connectivity index (χ3n) is 8.52. The molecular formula is C31H39N2O12P2S2+. The highest BCUT2D eigenvalue weighted by atomic mass is 32.2. The van der Waals surface area contributed by atoms with Crippen LogP contribution < -0.4 is 15.5 Å². The Morgan fingerprint density at radius 2 is 1.27 bits per heavy atom. The fourth-order valence-electron chi connectivity index (χ4n) is 6.07. The predicted molar refractivity (Wildman–Crippen MR) is 188 cm³/mol. The third-order valence-corrected chi connectivity index (χ3v) is 11.8. The van der Waals surface area contributed by atoms with Gasteiger partial charge in [-0.15, -0.1) is 0 Å². The third kappa shape index (κ3) is 8.84. The van der Waals surface area contributed by atoms with Gasteiger partial charge in [-0.1, -0.05) is 44.2 Å². The lowest BCUT2D eigenvalue weighted by Crippen LogP contribution is -2.30. The zero-order valence-electron chi connectivity index (χ0n) is 27.1. The van der Waals surface area contributed by atoms with Crippen LogP contribution >= 0.6 is 15.2 Å². The average Bonchev–Trinajstić information content (AvgIpc) is 3.30. The predicted octanol–water partition coefficient (Wildman–Crippen LogP) is 2.79. The molecule has 266 valence electrons. The Morgan fingerprint density at radius 1 is 0.735 bits per heavy atom. The Bertz CT molecular complexity index is 2140. The first-order chi connectivity index (χ1) is 22.3. The summed E-state index contributed by atoms with van der Waals surface area (Å²) >= 11 is 0. The van der Waals surface area contributed by atoms with Gasteiger partial charge in [-0.25, -0.2) is 0 Å². The highest BCUT2D eigenvalue weighted by Gasteiger charge is 2.45. The molecule has 2 aromatic carbocycles. The summed E-state index contributed by atoms with van der Waals surface area (Å²) in [6, 6.07) is 8.39. The van der Waals surface area contributed by atoms with E-state index in [0.29, 0.717) is 33.9 Å². The Balaban J connectivity index is 1.63. The minimum atomic E-state index is -4.56. The highest BCUT2D eigenvalue weighted by Crippen LogP contribution is 2.49. The van der Waals surface area contributed by atoms with Gasteiger partial charge in [-0.05, 0) is 55.8 Å². The van der Waals surface area contributed by atoms with Gasteiger partial charge in [0, 0.05) is 41.1 Å². The zero-order valence-corrected chi connectivity index (χ0v) is 30.5. The summed E-state index contributed by atoms with van der Waals surface area (Å²) in [6.07, 6.45) is 11.9. The van der Waals surface area contributed by atoms with Crippen LogP contribution in [0.1, 0.15) is 38.8 Å². The molecule has 0 saturated carbocycles. The number of hydrogen-bond donors (Lipinski definition) is 6. The van der Waals surface area contributed by atoms with Crippen LogP contribution in [0.2, 0.25) is 0 Å². The van der Waals surface area contributed by atoms with Crippen molar-refractivity contribution in [2.45, 2.75) is 38.5 Å². The molecule has 4 rings (SSSR count). The first-order valence-corrected chi connectivity index (χ1v) is 21.2. The van der Waals surface area contributed by atoms with Crippen LogP contribution in [-0.4, -0.2) is 80.4 Å². The molecule has 18 heteroatoms. The van der Waals surface area contributed by atoms with Crippen LogP contribution in [0, 0.1) is 0 Å². The number of fused-ring (bicyclic) bond motifs is 2. The van der Waals surface area contributed by atoms with Crippen LogP contribution in [0.5, 0.6) is 0 Å². The standard InChI is InChI=1S/C31H38N2O12P2S2/c1-30(2)24-20-22(46(34,35)36)12-14-26(24)32(16-18-48(40,41)42)28(30)10-8-6-5-7-9-11-29-31(3,4)25-21-23(47(37,38)39)13-15-27(25)33(29)17-19-49(43,44)45/h5-15,20-21H,16-19H2,1-4H3,(H5-,34,35,36,37,38,39,40,41,42,43,44,45)/p+1. The molecular weight excluding hydrogens is 718 g/mol. The number of allylic oxidation sites excluding steroid dienone is 8. The van der Waals surface area contributed by atoms with Crippen LogP contribution in [0.25, 0.3) is 0 Å². The second-order valence-corrected chi connectivity index (χ2v) is 19.0. The monoisotopic (exact) mass is 757 g/mol. The van der Waals surface area contributed by atoms with E-state index in [2.05, 4.69) is 0 Å². The number of hydrogen-bond acceptors (Lipinski definition) is 7. The van der Waals surface area contributed by atoms with Crippen molar-refractivity contribution in [3.63, 3.8) is 0 Å². The lowest BCUT2D eigenvalue weighted by Gasteiger charge is -2.26. The summed E-state index contributed by atoms with van der Waals surface area (Å²) in [6.45, 7) is 7.10. The SMILES string of the molecule is CC1(C)C(/C=C/C=C/C=C/C=C2/N(CCS(=O)(=O)O)c3ccc(P(=O)(O)O)cc3C2(C)C)=[N+](CCS(=O)(=O)O)c2ccc(P(=O)(O)O)cc21. The fourth-order valence-corrected chi connectivity index (χ4v) is 8.03. The second-order valence-electron chi connectivity index (χ2n) is 12.7. The quantitative estimate of drug-likeness (QED) is 0.0793. The summed E-state index contributed by atoms with van der Waals surface area (Å²) in [5, 5.41) is -0.350. The summed E-state index contributed by atoms with van der Waals surface area (Å²) in [5.74, 6) is -1.15. The van der Waals surface area contributed by atoms with Gasteiger partial charge >= 0.3 is 15.2 Å². The van der Waals surface area contributed by atoms with Gasteiger partial charge in [-0.2, -0.15) is 21.4 Å². The molecule has 0 bridgehead atoms. The van der Waals surface area contributed by atoms with Crippen LogP contribution in [0.15, 0.2) is 84.6 Å². The summed E-state index contributed by atoms with van der Waals surface area (Å²) in [4.78, 5) is 40.5.